The molecule has 8 heteroatoms. The Morgan fingerprint density at radius 2 is 1.86 bits per heavy atom. The standard InChI is InChI=1S/C13H13N3O4S/c14-21(19,20)11-4-1-9(2-5-11)7-15-13(18)12-6-3-10(8-17)16-12/h1-6,8,16H,7H2,(H,15,18)(H2,14,19,20). The summed E-state index contributed by atoms with van der Waals surface area (Å²) < 4.78 is 22.2. The van der Waals surface area contributed by atoms with Gasteiger partial charge in [-0.1, -0.05) is 12.1 Å². The fourth-order valence-electron chi connectivity index (χ4n) is 1.69. The molecule has 0 atom stereocenters. The maximum Gasteiger partial charge on any atom is 0.267 e. The van der Waals surface area contributed by atoms with Crippen molar-refractivity contribution in [2.45, 2.75) is 11.4 Å². The molecular weight excluding hydrogens is 294 g/mol. The predicted molar refractivity (Wildman–Crippen MR) is 75.2 cm³/mol. The molecule has 2 rings (SSSR count). The predicted octanol–water partition coefficient (Wildman–Crippen LogP) is 0.405. The molecule has 7 nitrogen and oxygen atoms in total. The molecule has 0 radical (unpaired) electrons. The Hall–Kier alpha value is -2.45. The van der Waals surface area contributed by atoms with E-state index in [9.17, 15) is 18.0 Å². The fourth-order valence-corrected chi connectivity index (χ4v) is 2.20. The van der Waals surface area contributed by atoms with E-state index < -0.39 is 10.0 Å². The molecule has 1 aromatic heterocycles. The third kappa shape index (κ3) is 3.77. The fraction of sp³-hybridized carbons (Fsp3) is 0.0769. The van der Waals surface area contributed by atoms with E-state index in [4.69, 9.17) is 5.14 Å². The Labute approximate surface area is 121 Å². The number of hydrogen-bond acceptors (Lipinski definition) is 4. The summed E-state index contributed by atoms with van der Waals surface area (Å²) in [7, 11) is -3.72. The van der Waals surface area contributed by atoms with Gasteiger partial charge in [0.15, 0.2) is 6.29 Å². The molecule has 1 heterocycles. The summed E-state index contributed by atoms with van der Waals surface area (Å²) in [4.78, 5) is 25.0. The number of rotatable bonds is 5. The maximum absolute atomic E-state index is 11.8. The van der Waals surface area contributed by atoms with Gasteiger partial charge in [-0.3, -0.25) is 9.59 Å². The van der Waals surface area contributed by atoms with Crippen molar-refractivity contribution in [3.05, 3.63) is 53.3 Å². The molecular formula is C13H13N3O4S. The number of aldehydes is 1. The Morgan fingerprint density at radius 3 is 2.38 bits per heavy atom. The Balaban J connectivity index is 1.99. The van der Waals surface area contributed by atoms with Crippen molar-refractivity contribution in [1.82, 2.24) is 10.3 Å². The van der Waals surface area contributed by atoms with Gasteiger partial charge in [-0.15, -0.1) is 0 Å². The first-order chi connectivity index (χ1) is 9.90. The minimum Gasteiger partial charge on any atom is -0.348 e. The number of carbonyl (C=O) groups excluding carboxylic acids is 2. The van der Waals surface area contributed by atoms with Gasteiger partial charge < -0.3 is 10.3 Å². The van der Waals surface area contributed by atoms with Crippen LogP contribution in [0.1, 0.15) is 26.5 Å². The minimum atomic E-state index is -3.72. The van der Waals surface area contributed by atoms with Crippen LogP contribution in [-0.2, 0) is 16.6 Å². The largest absolute Gasteiger partial charge is 0.348 e. The van der Waals surface area contributed by atoms with E-state index in [2.05, 4.69) is 10.3 Å². The molecule has 0 fully saturated rings. The van der Waals surface area contributed by atoms with Gasteiger partial charge in [-0.05, 0) is 29.8 Å². The maximum atomic E-state index is 11.8. The van der Waals surface area contributed by atoms with Crippen LogP contribution in [0.5, 0.6) is 0 Å². The van der Waals surface area contributed by atoms with E-state index >= 15 is 0 Å². The highest BCUT2D eigenvalue weighted by Gasteiger charge is 2.09. The number of aromatic nitrogens is 1. The summed E-state index contributed by atoms with van der Waals surface area (Å²) in [6.45, 7) is 0.221. The molecule has 0 unspecified atom stereocenters. The highest BCUT2D eigenvalue weighted by molar-refractivity contribution is 7.89. The molecule has 21 heavy (non-hydrogen) atoms. The molecule has 0 saturated carbocycles. The smallest absolute Gasteiger partial charge is 0.267 e. The van der Waals surface area contributed by atoms with Gasteiger partial charge in [-0.25, -0.2) is 13.6 Å². The second-order valence-corrected chi connectivity index (χ2v) is 5.88. The van der Waals surface area contributed by atoms with Crippen molar-refractivity contribution < 1.29 is 18.0 Å². The number of carbonyl (C=O) groups is 2. The van der Waals surface area contributed by atoms with Crippen LogP contribution in [0, 0.1) is 0 Å². The lowest BCUT2D eigenvalue weighted by Crippen LogP contribution is -2.23. The van der Waals surface area contributed by atoms with Crippen LogP contribution in [-0.4, -0.2) is 25.6 Å². The van der Waals surface area contributed by atoms with Gasteiger partial charge >= 0.3 is 0 Å². The first-order valence-electron chi connectivity index (χ1n) is 5.94. The van der Waals surface area contributed by atoms with Crippen molar-refractivity contribution in [2.75, 3.05) is 0 Å². The normalized spacial score (nSPS) is 11.1. The van der Waals surface area contributed by atoms with Gasteiger partial charge in [0.1, 0.15) is 5.69 Å². The van der Waals surface area contributed by atoms with E-state index in [0.717, 1.165) is 5.56 Å². The highest BCUT2D eigenvalue weighted by atomic mass is 32.2. The molecule has 0 aliphatic carbocycles. The number of benzene rings is 1. The first kappa shape index (κ1) is 14.9. The number of nitrogens with one attached hydrogen (secondary N) is 2. The molecule has 0 aliphatic rings. The van der Waals surface area contributed by atoms with Gasteiger partial charge in [-0.2, -0.15) is 0 Å². The number of amides is 1. The number of H-pyrrole nitrogens is 1. The zero-order chi connectivity index (χ0) is 15.5. The van der Waals surface area contributed by atoms with Crippen LogP contribution < -0.4 is 10.5 Å². The van der Waals surface area contributed by atoms with E-state index in [1.807, 2.05) is 0 Å². The lowest BCUT2D eigenvalue weighted by Gasteiger charge is -2.05. The van der Waals surface area contributed by atoms with E-state index in [1.54, 1.807) is 12.1 Å². The van der Waals surface area contributed by atoms with Gasteiger partial charge in [0.2, 0.25) is 10.0 Å². The average Bonchev–Trinajstić information content (AvgIpc) is 2.93. The van der Waals surface area contributed by atoms with Crippen molar-refractivity contribution in [1.29, 1.82) is 0 Å². The summed E-state index contributed by atoms with van der Waals surface area (Å²) in [5.41, 5.74) is 1.31. The molecule has 1 amide bonds. The van der Waals surface area contributed by atoms with Crippen molar-refractivity contribution >= 4 is 22.2 Å². The van der Waals surface area contributed by atoms with Crippen LogP contribution in [0.3, 0.4) is 0 Å². The molecule has 0 bridgehead atoms. The summed E-state index contributed by atoms with van der Waals surface area (Å²) in [5, 5.41) is 7.63. The number of aromatic amines is 1. The summed E-state index contributed by atoms with van der Waals surface area (Å²) in [5.74, 6) is -0.362. The zero-order valence-corrected chi connectivity index (χ0v) is 11.7. The Bertz CT molecular complexity index is 763. The summed E-state index contributed by atoms with van der Waals surface area (Å²) in [6, 6.07) is 8.87. The lowest BCUT2D eigenvalue weighted by atomic mass is 10.2. The highest BCUT2D eigenvalue weighted by Crippen LogP contribution is 2.09. The third-order valence-electron chi connectivity index (χ3n) is 2.79. The van der Waals surface area contributed by atoms with E-state index in [-0.39, 0.29) is 23.0 Å². The van der Waals surface area contributed by atoms with Crippen LogP contribution in [0.4, 0.5) is 0 Å². The molecule has 0 saturated heterocycles. The summed E-state index contributed by atoms with van der Waals surface area (Å²) in [6.07, 6.45) is 0.614. The third-order valence-corrected chi connectivity index (χ3v) is 3.71. The van der Waals surface area contributed by atoms with Crippen molar-refractivity contribution in [2.24, 2.45) is 5.14 Å². The molecule has 110 valence electrons. The molecule has 0 aliphatic heterocycles. The average molecular weight is 307 g/mol. The van der Waals surface area contributed by atoms with Crippen LogP contribution in [0.15, 0.2) is 41.3 Å². The Morgan fingerprint density at radius 1 is 1.19 bits per heavy atom. The van der Waals surface area contributed by atoms with Crippen LogP contribution >= 0.6 is 0 Å². The van der Waals surface area contributed by atoms with E-state index in [0.29, 0.717) is 12.0 Å². The van der Waals surface area contributed by atoms with Crippen LogP contribution in [0.25, 0.3) is 0 Å². The number of hydrogen-bond donors (Lipinski definition) is 3. The second kappa shape index (κ2) is 5.90. The van der Waals surface area contributed by atoms with Crippen LogP contribution in [0.2, 0.25) is 0 Å². The lowest BCUT2D eigenvalue weighted by molar-refractivity contribution is 0.0946. The van der Waals surface area contributed by atoms with Crippen molar-refractivity contribution in [3.63, 3.8) is 0 Å². The topological polar surface area (TPSA) is 122 Å². The first-order valence-corrected chi connectivity index (χ1v) is 7.49. The second-order valence-electron chi connectivity index (χ2n) is 4.32. The van der Waals surface area contributed by atoms with Crippen molar-refractivity contribution in [3.8, 4) is 0 Å². The SMILES string of the molecule is NS(=O)(=O)c1ccc(CNC(=O)c2ccc(C=O)[nH]2)cc1. The number of sulfonamides is 1. The monoisotopic (exact) mass is 307 g/mol. The number of nitrogens with two attached hydrogens (primary N) is 1. The quantitative estimate of drug-likeness (QED) is 0.692. The van der Waals surface area contributed by atoms with E-state index in [1.165, 1.54) is 24.3 Å². The minimum absolute atomic E-state index is 0.0116. The van der Waals surface area contributed by atoms with Gasteiger partial charge in [0, 0.05) is 6.54 Å². The summed E-state index contributed by atoms with van der Waals surface area (Å²) >= 11 is 0. The number of primary sulfonamides is 1. The zero-order valence-electron chi connectivity index (χ0n) is 10.9. The molecule has 0 spiro atoms. The molecule has 1 aromatic carbocycles. The molecule has 2 aromatic rings. The Kier molecular flexibility index (Phi) is 4.20. The molecule has 4 N–H and O–H groups in total. The van der Waals surface area contributed by atoms with Gasteiger partial charge in [0.05, 0.1) is 10.6 Å². The van der Waals surface area contributed by atoms with Gasteiger partial charge in [0.25, 0.3) is 5.91 Å².